The third-order valence-electron chi connectivity index (χ3n) is 8.06. The number of nitrogens with zero attached hydrogens (tertiary/aromatic N) is 5. The number of carbonyl (C=O) groups is 1. The number of likely N-dealkylation sites (tertiary alicyclic amines) is 1. The number of aryl methyl sites for hydroxylation is 1. The Bertz CT molecular complexity index is 1750. The molecule has 13 heteroatoms. The number of rotatable bonds is 15. The molecule has 1 N–H and O–H groups in total. The molecule has 47 heavy (non-hydrogen) atoms. The molecule has 9 nitrogen and oxygen atoms in total. The van der Waals surface area contributed by atoms with Crippen LogP contribution < -0.4 is 9.47 Å². The van der Waals surface area contributed by atoms with Gasteiger partial charge in [0.25, 0.3) is 0 Å². The Morgan fingerprint density at radius 1 is 1.00 bits per heavy atom. The van der Waals surface area contributed by atoms with E-state index in [9.17, 15) is 18.7 Å². The fraction of sp³-hybridized carbons (Fsp3) is 0.412. The molecule has 248 valence electrons. The minimum Gasteiger partial charge on any atom is -0.484 e. The van der Waals surface area contributed by atoms with Gasteiger partial charge in [0, 0.05) is 37.1 Å². The highest BCUT2D eigenvalue weighted by atomic mass is 35.5. The quantitative estimate of drug-likeness (QED) is 0.132. The Hall–Kier alpha value is -4.34. The van der Waals surface area contributed by atoms with Crippen LogP contribution in [0.3, 0.4) is 0 Å². The van der Waals surface area contributed by atoms with Gasteiger partial charge in [0.2, 0.25) is 5.88 Å². The van der Waals surface area contributed by atoms with Gasteiger partial charge in [0.05, 0.1) is 24.6 Å². The van der Waals surface area contributed by atoms with Crippen LogP contribution in [0.4, 0.5) is 13.2 Å². The first-order valence-electron chi connectivity index (χ1n) is 15.6. The van der Waals surface area contributed by atoms with Crippen molar-refractivity contribution in [3.8, 4) is 17.7 Å². The Labute approximate surface area is 275 Å². The zero-order valence-electron chi connectivity index (χ0n) is 25.7. The normalized spacial score (nSPS) is 13.9. The van der Waals surface area contributed by atoms with E-state index in [1.54, 1.807) is 6.07 Å². The van der Waals surface area contributed by atoms with E-state index in [1.165, 1.54) is 30.3 Å². The van der Waals surface area contributed by atoms with Gasteiger partial charge in [-0.15, -0.1) is 0 Å². The Morgan fingerprint density at radius 3 is 2.53 bits per heavy atom. The number of ether oxygens (including phenoxy) is 2. The van der Waals surface area contributed by atoms with Crippen LogP contribution in [-0.2, 0) is 30.9 Å². The molecule has 4 aromatic rings. The lowest BCUT2D eigenvalue weighted by Crippen LogP contribution is -2.38. The van der Waals surface area contributed by atoms with Gasteiger partial charge in [0.15, 0.2) is 17.4 Å². The van der Waals surface area contributed by atoms with E-state index in [-0.39, 0.29) is 47.0 Å². The average Bonchev–Trinajstić information content (AvgIpc) is 3.37. The third-order valence-corrected chi connectivity index (χ3v) is 8.30. The van der Waals surface area contributed by atoms with Crippen LogP contribution in [0.2, 0.25) is 5.02 Å². The molecule has 2 aromatic heterocycles. The lowest BCUT2D eigenvalue weighted by Gasteiger charge is -2.31. The smallest absolute Gasteiger partial charge is 0.307 e. The molecular weight excluding hydrogens is 635 g/mol. The predicted octanol–water partition coefficient (Wildman–Crippen LogP) is 7.23. The van der Waals surface area contributed by atoms with E-state index in [2.05, 4.69) is 20.9 Å². The van der Waals surface area contributed by atoms with Crippen molar-refractivity contribution in [2.24, 2.45) is 0 Å². The average molecular weight is 670 g/mol. The summed E-state index contributed by atoms with van der Waals surface area (Å²) in [5.41, 5.74) is 1.16. The predicted molar refractivity (Wildman–Crippen MR) is 169 cm³/mol. The van der Waals surface area contributed by atoms with Crippen LogP contribution >= 0.6 is 11.6 Å². The highest BCUT2D eigenvalue weighted by Crippen LogP contribution is 2.27. The topological polar surface area (TPSA) is 114 Å². The number of carboxylic acid groups (broad SMARTS) is 1. The molecule has 0 spiro atoms. The van der Waals surface area contributed by atoms with E-state index in [0.29, 0.717) is 62.3 Å². The minimum absolute atomic E-state index is 0.0167. The number of benzene rings is 2. The molecule has 1 fully saturated rings. The molecule has 0 unspecified atom stereocenters. The molecule has 0 saturated carbocycles. The number of nitriles is 1. The van der Waals surface area contributed by atoms with Crippen molar-refractivity contribution >= 4 is 28.6 Å². The Morgan fingerprint density at radius 2 is 1.79 bits per heavy atom. The molecule has 3 heterocycles. The molecule has 0 amide bonds. The Kier molecular flexibility index (Phi) is 11.6. The number of carboxylic acids is 1. The van der Waals surface area contributed by atoms with Crippen LogP contribution in [-0.4, -0.2) is 49.7 Å². The SMILES string of the molecule is N#CCCCCCCn1c(CN2CCC(Oc3ccc(F)c(COc4ccc(Cl)cc4F)n3)CC2)nc2c(F)cc(CC(=O)O)cc21. The second-order valence-electron chi connectivity index (χ2n) is 11.6. The number of hydrogen-bond acceptors (Lipinski definition) is 7. The van der Waals surface area contributed by atoms with Gasteiger partial charge >= 0.3 is 5.97 Å². The van der Waals surface area contributed by atoms with Crippen molar-refractivity contribution in [2.75, 3.05) is 13.1 Å². The molecule has 1 saturated heterocycles. The van der Waals surface area contributed by atoms with Crippen molar-refractivity contribution in [3.05, 3.63) is 82.0 Å². The van der Waals surface area contributed by atoms with Crippen molar-refractivity contribution in [3.63, 3.8) is 0 Å². The van der Waals surface area contributed by atoms with Crippen molar-refractivity contribution in [2.45, 2.75) is 77.2 Å². The summed E-state index contributed by atoms with van der Waals surface area (Å²) in [4.78, 5) is 22.4. The second-order valence-corrected chi connectivity index (χ2v) is 12.0. The second kappa shape index (κ2) is 16.0. The fourth-order valence-electron chi connectivity index (χ4n) is 5.68. The number of imidazole rings is 1. The lowest BCUT2D eigenvalue weighted by atomic mass is 10.1. The number of unbranched alkanes of at least 4 members (excludes halogenated alkanes) is 4. The lowest BCUT2D eigenvalue weighted by molar-refractivity contribution is -0.136. The number of aliphatic carboxylic acids is 1. The highest BCUT2D eigenvalue weighted by Gasteiger charge is 2.24. The summed E-state index contributed by atoms with van der Waals surface area (Å²) in [7, 11) is 0. The van der Waals surface area contributed by atoms with Crippen LogP contribution in [0, 0.1) is 28.8 Å². The largest absolute Gasteiger partial charge is 0.484 e. The molecule has 0 radical (unpaired) electrons. The monoisotopic (exact) mass is 669 g/mol. The first-order valence-corrected chi connectivity index (χ1v) is 16.0. The van der Waals surface area contributed by atoms with Crippen LogP contribution in [0.25, 0.3) is 11.0 Å². The van der Waals surface area contributed by atoms with Crippen molar-refractivity contribution in [1.82, 2.24) is 19.4 Å². The van der Waals surface area contributed by atoms with Gasteiger partial charge in [-0.2, -0.15) is 5.26 Å². The van der Waals surface area contributed by atoms with E-state index in [0.717, 1.165) is 31.7 Å². The van der Waals surface area contributed by atoms with Crippen LogP contribution in [0.15, 0.2) is 42.5 Å². The number of fused-ring (bicyclic) bond motifs is 1. The summed E-state index contributed by atoms with van der Waals surface area (Å²) in [6.07, 6.45) is 4.85. The molecule has 0 atom stereocenters. The summed E-state index contributed by atoms with van der Waals surface area (Å²) < 4.78 is 57.1. The first kappa shape index (κ1) is 34.0. The number of piperidine rings is 1. The van der Waals surface area contributed by atoms with Crippen LogP contribution in [0.1, 0.15) is 62.0 Å². The van der Waals surface area contributed by atoms with Gasteiger partial charge in [-0.05, 0) is 67.6 Å². The van der Waals surface area contributed by atoms with Crippen molar-refractivity contribution in [1.29, 1.82) is 5.26 Å². The maximum atomic E-state index is 15.1. The summed E-state index contributed by atoms with van der Waals surface area (Å²) in [5, 5.41) is 18.3. The minimum atomic E-state index is -1.04. The van der Waals surface area contributed by atoms with Gasteiger partial charge in [-0.25, -0.2) is 23.1 Å². The van der Waals surface area contributed by atoms with Gasteiger partial charge in [-0.3, -0.25) is 9.69 Å². The molecular formula is C34H35ClF3N5O4. The van der Waals surface area contributed by atoms with Crippen molar-refractivity contribution < 1.29 is 32.5 Å². The van der Waals surface area contributed by atoms with Crippen LogP contribution in [0.5, 0.6) is 11.6 Å². The molecule has 5 rings (SSSR count). The first-order chi connectivity index (χ1) is 22.7. The van der Waals surface area contributed by atoms with E-state index in [4.69, 9.17) is 26.3 Å². The van der Waals surface area contributed by atoms with E-state index in [1.807, 2.05) is 4.57 Å². The summed E-state index contributed by atoms with van der Waals surface area (Å²) in [6.45, 7) is 2.12. The van der Waals surface area contributed by atoms with Gasteiger partial charge in [0.1, 0.15) is 35.6 Å². The molecule has 2 aromatic carbocycles. The highest BCUT2D eigenvalue weighted by molar-refractivity contribution is 6.30. The number of hydrogen-bond donors (Lipinski definition) is 1. The summed E-state index contributed by atoms with van der Waals surface area (Å²) >= 11 is 5.78. The molecule has 1 aliphatic rings. The zero-order chi connectivity index (χ0) is 33.3. The molecule has 1 aliphatic heterocycles. The number of pyridine rings is 1. The molecule has 0 aliphatic carbocycles. The van der Waals surface area contributed by atoms with Gasteiger partial charge < -0.3 is 19.1 Å². The summed E-state index contributed by atoms with van der Waals surface area (Å²) in [5.74, 6) is -1.97. The fourth-order valence-corrected chi connectivity index (χ4v) is 5.84. The number of halogens is 4. The standard InChI is InChI=1S/C34H35ClF3N5O4/c35-23-6-8-30(26(37)19-23)46-21-28-25(36)7-9-32(40-28)47-24-10-14-42(15-11-24)20-31-41-34-27(38)16-22(18-33(44)45)17-29(34)43(31)13-5-3-1-2-4-12-39/h6-9,16-17,19,24H,1-5,10-11,13-15,18,20-21H2,(H,44,45). The third kappa shape index (κ3) is 9.14. The maximum Gasteiger partial charge on any atom is 0.307 e. The molecule has 0 bridgehead atoms. The summed E-state index contributed by atoms with van der Waals surface area (Å²) in [6, 6.07) is 11.7. The number of aromatic nitrogens is 3. The zero-order valence-corrected chi connectivity index (χ0v) is 26.5. The van der Waals surface area contributed by atoms with Gasteiger partial charge in [-0.1, -0.05) is 24.4 Å². The maximum absolute atomic E-state index is 15.1. The Balaban J connectivity index is 1.21. The van der Waals surface area contributed by atoms with E-state index < -0.39 is 23.4 Å². The van der Waals surface area contributed by atoms with E-state index >= 15 is 4.39 Å².